The predicted octanol–water partition coefficient (Wildman–Crippen LogP) is 2.97. The zero-order valence-electron chi connectivity index (χ0n) is 13.6. The fourth-order valence-corrected chi connectivity index (χ4v) is 3.54. The molecule has 0 amide bonds. The Kier molecular flexibility index (Phi) is 5.21. The summed E-state index contributed by atoms with van der Waals surface area (Å²) >= 11 is 0. The van der Waals surface area contributed by atoms with Gasteiger partial charge in [-0.2, -0.15) is 0 Å². The van der Waals surface area contributed by atoms with Gasteiger partial charge < -0.3 is 14.2 Å². The highest BCUT2D eigenvalue weighted by Gasteiger charge is 2.39. The Morgan fingerprint density at radius 1 is 1.14 bits per heavy atom. The van der Waals surface area contributed by atoms with E-state index >= 15 is 0 Å². The molecule has 0 aromatic heterocycles. The van der Waals surface area contributed by atoms with Gasteiger partial charge in [0.15, 0.2) is 0 Å². The van der Waals surface area contributed by atoms with Crippen LogP contribution < -0.4 is 9.47 Å². The average Bonchev–Trinajstić information content (AvgIpc) is 2.93. The smallest absolute Gasteiger partial charge is 0.119 e. The Balaban J connectivity index is 1.40. The fourth-order valence-electron chi connectivity index (χ4n) is 3.54. The molecule has 122 valence electrons. The van der Waals surface area contributed by atoms with Crippen LogP contribution in [0.3, 0.4) is 0 Å². The van der Waals surface area contributed by atoms with Gasteiger partial charge in [0.05, 0.1) is 13.2 Å². The second kappa shape index (κ2) is 7.34. The molecule has 0 bridgehead atoms. The summed E-state index contributed by atoms with van der Waals surface area (Å²) in [4.78, 5) is 2.52. The second-order valence-corrected chi connectivity index (χ2v) is 6.44. The van der Waals surface area contributed by atoms with Gasteiger partial charge >= 0.3 is 0 Å². The molecule has 1 aromatic rings. The summed E-state index contributed by atoms with van der Waals surface area (Å²) in [7, 11) is 0. The molecule has 2 fully saturated rings. The molecule has 1 aromatic carbocycles. The molecule has 1 atom stereocenters. The second-order valence-electron chi connectivity index (χ2n) is 6.44. The molecule has 0 aliphatic carbocycles. The first-order valence-corrected chi connectivity index (χ1v) is 8.45. The van der Waals surface area contributed by atoms with Gasteiger partial charge in [0, 0.05) is 25.1 Å². The Morgan fingerprint density at radius 2 is 1.91 bits per heavy atom. The number of hydrogen-bond acceptors (Lipinski definition) is 4. The summed E-state index contributed by atoms with van der Waals surface area (Å²) in [6.45, 7) is 8.66. The number of rotatable bonds is 6. The molecule has 0 N–H and O–H groups in total. The third kappa shape index (κ3) is 3.93. The van der Waals surface area contributed by atoms with Crippen molar-refractivity contribution in [3.8, 4) is 11.5 Å². The SMILES string of the molecule is CCOc1ccc(OCCN2CCC3(CCCOC3)C2)cc1. The minimum atomic E-state index is 0.428. The number of benzene rings is 1. The van der Waals surface area contributed by atoms with Crippen molar-refractivity contribution in [2.75, 3.05) is 46.1 Å². The van der Waals surface area contributed by atoms with Gasteiger partial charge in [-0.25, -0.2) is 0 Å². The van der Waals surface area contributed by atoms with Crippen molar-refractivity contribution in [1.82, 2.24) is 4.90 Å². The Hall–Kier alpha value is -1.26. The monoisotopic (exact) mass is 305 g/mol. The third-order valence-electron chi connectivity index (χ3n) is 4.73. The van der Waals surface area contributed by atoms with E-state index in [4.69, 9.17) is 14.2 Å². The third-order valence-corrected chi connectivity index (χ3v) is 4.73. The summed E-state index contributed by atoms with van der Waals surface area (Å²) in [6, 6.07) is 7.88. The zero-order chi connectivity index (χ0) is 15.3. The molecule has 2 heterocycles. The first-order chi connectivity index (χ1) is 10.8. The quantitative estimate of drug-likeness (QED) is 0.808. The molecule has 0 saturated carbocycles. The van der Waals surface area contributed by atoms with Gasteiger partial charge in [0.25, 0.3) is 0 Å². The van der Waals surface area contributed by atoms with Crippen LogP contribution in [-0.2, 0) is 4.74 Å². The molecule has 4 heteroatoms. The maximum Gasteiger partial charge on any atom is 0.119 e. The van der Waals surface area contributed by atoms with Gasteiger partial charge in [-0.3, -0.25) is 4.90 Å². The lowest BCUT2D eigenvalue weighted by atomic mass is 9.82. The van der Waals surface area contributed by atoms with Gasteiger partial charge in [-0.15, -0.1) is 0 Å². The average molecular weight is 305 g/mol. The van der Waals surface area contributed by atoms with E-state index in [0.717, 1.165) is 37.9 Å². The topological polar surface area (TPSA) is 30.9 Å². The van der Waals surface area contributed by atoms with Crippen molar-refractivity contribution in [3.05, 3.63) is 24.3 Å². The number of ether oxygens (including phenoxy) is 3. The van der Waals surface area contributed by atoms with Crippen LogP contribution >= 0.6 is 0 Å². The van der Waals surface area contributed by atoms with Crippen LogP contribution in [0.15, 0.2) is 24.3 Å². The number of nitrogens with zero attached hydrogens (tertiary/aromatic N) is 1. The van der Waals surface area contributed by atoms with Crippen molar-refractivity contribution >= 4 is 0 Å². The highest BCUT2D eigenvalue weighted by molar-refractivity contribution is 5.31. The maximum atomic E-state index is 5.85. The van der Waals surface area contributed by atoms with E-state index in [1.54, 1.807) is 0 Å². The molecule has 2 aliphatic heterocycles. The van der Waals surface area contributed by atoms with Crippen LogP contribution in [0.5, 0.6) is 11.5 Å². The molecule has 4 nitrogen and oxygen atoms in total. The largest absolute Gasteiger partial charge is 0.494 e. The summed E-state index contributed by atoms with van der Waals surface area (Å²) < 4.78 is 17.0. The Labute approximate surface area is 133 Å². The molecular weight excluding hydrogens is 278 g/mol. The first kappa shape index (κ1) is 15.6. The van der Waals surface area contributed by atoms with Crippen LogP contribution in [0, 0.1) is 5.41 Å². The first-order valence-electron chi connectivity index (χ1n) is 8.45. The zero-order valence-corrected chi connectivity index (χ0v) is 13.6. The van der Waals surface area contributed by atoms with E-state index in [-0.39, 0.29) is 0 Å². The van der Waals surface area contributed by atoms with E-state index in [1.807, 2.05) is 31.2 Å². The predicted molar refractivity (Wildman–Crippen MR) is 86.6 cm³/mol. The van der Waals surface area contributed by atoms with Crippen molar-refractivity contribution in [1.29, 1.82) is 0 Å². The molecule has 1 spiro atoms. The molecule has 22 heavy (non-hydrogen) atoms. The summed E-state index contributed by atoms with van der Waals surface area (Å²) in [5.74, 6) is 1.81. The molecule has 3 rings (SSSR count). The van der Waals surface area contributed by atoms with E-state index in [2.05, 4.69) is 4.90 Å². The fraction of sp³-hybridized carbons (Fsp3) is 0.667. The minimum Gasteiger partial charge on any atom is -0.494 e. The Bertz CT molecular complexity index is 454. The van der Waals surface area contributed by atoms with E-state index in [0.29, 0.717) is 12.0 Å². The van der Waals surface area contributed by atoms with Crippen molar-refractivity contribution in [2.45, 2.75) is 26.2 Å². The molecule has 2 aliphatic rings. The van der Waals surface area contributed by atoms with Gasteiger partial charge in [0.1, 0.15) is 18.1 Å². The van der Waals surface area contributed by atoms with Crippen LogP contribution in [0.4, 0.5) is 0 Å². The molecule has 2 saturated heterocycles. The van der Waals surface area contributed by atoms with Gasteiger partial charge in [-0.05, 0) is 57.0 Å². The van der Waals surface area contributed by atoms with Crippen LogP contribution in [0.25, 0.3) is 0 Å². The molecule has 0 radical (unpaired) electrons. The number of hydrogen-bond donors (Lipinski definition) is 0. The lowest BCUT2D eigenvalue weighted by Gasteiger charge is -2.33. The normalized spacial score (nSPS) is 25.5. The molecular formula is C18H27NO3. The van der Waals surface area contributed by atoms with Gasteiger partial charge in [0.2, 0.25) is 0 Å². The standard InChI is InChI=1S/C18H27NO3/c1-2-21-16-4-6-17(7-5-16)22-13-11-19-10-9-18(14-19)8-3-12-20-15-18/h4-7H,2-3,8-15H2,1H3. The van der Waals surface area contributed by atoms with Crippen LogP contribution in [0.2, 0.25) is 0 Å². The van der Waals surface area contributed by atoms with Crippen LogP contribution in [0.1, 0.15) is 26.2 Å². The lowest BCUT2D eigenvalue weighted by Crippen LogP contribution is -2.36. The Morgan fingerprint density at radius 3 is 2.59 bits per heavy atom. The van der Waals surface area contributed by atoms with Crippen molar-refractivity contribution in [2.24, 2.45) is 5.41 Å². The van der Waals surface area contributed by atoms with Crippen LogP contribution in [-0.4, -0.2) is 51.0 Å². The lowest BCUT2D eigenvalue weighted by molar-refractivity contribution is -0.00256. The summed E-state index contributed by atoms with van der Waals surface area (Å²) in [6.07, 6.45) is 3.82. The highest BCUT2D eigenvalue weighted by atomic mass is 16.5. The number of likely N-dealkylation sites (tertiary alicyclic amines) is 1. The van der Waals surface area contributed by atoms with E-state index in [9.17, 15) is 0 Å². The van der Waals surface area contributed by atoms with Crippen molar-refractivity contribution in [3.63, 3.8) is 0 Å². The van der Waals surface area contributed by atoms with Crippen molar-refractivity contribution < 1.29 is 14.2 Å². The highest BCUT2D eigenvalue weighted by Crippen LogP contribution is 2.37. The van der Waals surface area contributed by atoms with E-state index < -0.39 is 0 Å². The maximum absolute atomic E-state index is 5.85. The summed E-state index contributed by atoms with van der Waals surface area (Å²) in [5, 5.41) is 0. The minimum absolute atomic E-state index is 0.428. The van der Waals surface area contributed by atoms with E-state index in [1.165, 1.54) is 32.4 Å². The summed E-state index contributed by atoms with van der Waals surface area (Å²) in [5.41, 5.74) is 0.428. The van der Waals surface area contributed by atoms with Gasteiger partial charge in [-0.1, -0.05) is 0 Å². The molecule has 1 unspecified atom stereocenters.